The predicted molar refractivity (Wildman–Crippen MR) is 115 cm³/mol. The van der Waals surface area contributed by atoms with E-state index in [9.17, 15) is 4.79 Å². The Balaban J connectivity index is 3.80. The quantitative estimate of drug-likeness (QED) is 0.243. The Labute approximate surface area is 163 Å². The fourth-order valence-corrected chi connectivity index (χ4v) is 2.87. The SMILES string of the molecule is CC=[N+](C)/C(C)=C(C=O)/C(=C/C(=C/CC)c1cccnc1C)C(=C\C)/NC. The van der Waals surface area contributed by atoms with Gasteiger partial charge in [-0.25, -0.2) is 4.58 Å². The molecule has 0 amide bonds. The number of carbonyl (C=O) groups is 1. The molecular weight excluding hydrogens is 334 g/mol. The number of pyridine rings is 1. The van der Waals surface area contributed by atoms with E-state index in [1.54, 1.807) is 6.20 Å². The van der Waals surface area contributed by atoms with Crippen LogP contribution >= 0.6 is 0 Å². The first-order chi connectivity index (χ1) is 12.9. The van der Waals surface area contributed by atoms with Crippen LogP contribution in [-0.2, 0) is 4.79 Å². The standard InChI is InChI=1S/C23H32N3O/c1-8-12-19(20-13-11-14-25-17(20)4)15-21(23(9-2)24-6)22(16-27)18(5)26(7)10-3/h9-16,24H,8H2,1-7H3/q+1/b19-12-,21-15-,22-18+,23-9+,26-10?. The van der Waals surface area contributed by atoms with Crippen molar-refractivity contribution in [3.63, 3.8) is 0 Å². The molecule has 0 unspecified atom stereocenters. The van der Waals surface area contributed by atoms with Crippen LogP contribution < -0.4 is 5.32 Å². The van der Waals surface area contributed by atoms with Gasteiger partial charge in [-0.05, 0) is 38.0 Å². The molecule has 0 aliphatic rings. The van der Waals surface area contributed by atoms with Gasteiger partial charge in [-0.2, -0.15) is 0 Å². The molecule has 0 spiro atoms. The molecule has 4 heteroatoms. The molecule has 4 nitrogen and oxygen atoms in total. The number of hydrogen-bond acceptors (Lipinski definition) is 3. The van der Waals surface area contributed by atoms with Crippen LogP contribution in [0.2, 0.25) is 0 Å². The van der Waals surface area contributed by atoms with Crippen LogP contribution in [0, 0.1) is 6.92 Å². The average molecular weight is 367 g/mol. The first-order valence-corrected chi connectivity index (χ1v) is 9.32. The molecule has 0 saturated carbocycles. The zero-order valence-electron chi connectivity index (χ0n) is 17.6. The maximum Gasteiger partial charge on any atom is 0.188 e. The molecule has 1 N–H and O–H groups in total. The number of likely N-dealkylation sites (N-methyl/N-ethyl adjacent to an activating group) is 1. The molecule has 0 bridgehead atoms. The molecule has 1 aromatic heterocycles. The van der Waals surface area contributed by atoms with Crippen LogP contribution in [0.25, 0.3) is 5.57 Å². The van der Waals surface area contributed by atoms with Gasteiger partial charge in [0.25, 0.3) is 0 Å². The summed E-state index contributed by atoms with van der Waals surface area (Å²) in [5.41, 5.74) is 6.42. The van der Waals surface area contributed by atoms with Gasteiger partial charge >= 0.3 is 0 Å². The van der Waals surface area contributed by atoms with Gasteiger partial charge in [-0.1, -0.05) is 25.1 Å². The molecule has 1 heterocycles. The minimum absolute atomic E-state index is 0.654. The van der Waals surface area contributed by atoms with Gasteiger partial charge in [-0.15, -0.1) is 0 Å². The van der Waals surface area contributed by atoms with E-state index in [4.69, 9.17) is 0 Å². The monoisotopic (exact) mass is 366 g/mol. The Hall–Kier alpha value is -2.75. The van der Waals surface area contributed by atoms with E-state index in [1.165, 1.54) is 0 Å². The lowest BCUT2D eigenvalue weighted by Crippen LogP contribution is -2.15. The van der Waals surface area contributed by atoms with Crippen molar-refractivity contribution in [3.05, 3.63) is 70.4 Å². The van der Waals surface area contributed by atoms with Crippen molar-refractivity contribution in [2.75, 3.05) is 14.1 Å². The molecule has 0 aliphatic carbocycles. The largest absolute Gasteiger partial charge is 0.388 e. The lowest BCUT2D eigenvalue weighted by molar-refractivity contribution is -0.439. The van der Waals surface area contributed by atoms with E-state index in [0.29, 0.717) is 5.57 Å². The molecule has 0 radical (unpaired) electrons. The Kier molecular flexibility index (Phi) is 9.14. The zero-order valence-corrected chi connectivity index (χ0v) is 17.6. The van der Waals surface area contributed by atoms with Crippen LogP contribution in [0.15, 0.2) is 59.1 Å². The summed E-state index contributed by atoms with van der Waals surface area (Å²) in [5, 5.41) is 3.22. The maximum atomic E-state index is 12.1. The molecule has 0 aliphatic heterocycles. The van der Waals surface area contributed by atoms with Gasteiger partial charge in [-0.3, -0.25) is 9.78 Å². The minimum atomic E-state index is 0.654. The molecule has 0 fully saturated rings. The Morgan fingerprint density at radius 2 is 2.04 bits per heavy atom. The number of aldehydes is 1. The van der Waals surface area contributed by atoms with Crippen LogP contribution in [0.4, 0.5) is 0 Å². The van der Waals surface area contributed by atoms with Crippen LogP contribution in [0.5, 0.6) is 0 Å². The smallest absolute Gasteiger partial charge is 0.188 e. The summed E-state index contributed by atoms with van der Waals surface area (Å²) >= 11 is 0. The third-order valence-corrected chi connectivity index (χ3v) is 4.60. The van der Waals surface area contributed by atoms with Gasteiger partial charge in [0, 0.05) is 49.6 Å². The second-order valence-corrected chi connectivity index (χ2v) is 6.20. The molecule has 0 atom stereocenters. The number of aryl methyl sites for hydroxylation is 1. The van der Waals surface area contributed by atoms with Crippen molar-refractivity contribution in [2.24, 2.45) is 0 Å². The number of allylic oxidation sites excluding steroid dienone is 6. The van der Waals surface area contributed by atoms with Gasteiger partial charge < -0.3 is 5.32 Å². The van der Waals surface area contributed by atoms with E-state index in [1.807, 2.05) is 64.7 Å². The Morgan fingerprint density at radius 3 is 2.52 bits per heavy atom. The summed E-state index contributed by atoms with van der Waals surface area (Å²) in [7, 11) is 3.81. The molecule has 27 heavy (non-hydrogen) atoms. The third-order valence-electron chi connectivity index (χ3n) is 4.60. The number of rotatable bonds is 8. The summed E-state index contributed by atoms with van der Waals surface area (Å²) in [6.45, 7) is 9.98. The van der Waals surface area contributed by atoms with Gasteiger partial charge in [0.15, 0.2) is 12.0 Å². The number of carbonyl (C=O) groups excluding carboxylic acids is 1. The lowest BCUT2D eigenvalue weighted by Gasteiger charge is -2.15. The van der Waals surface area contributed by atoms with Crippen molar-refractivity contribution in [3.8, 4) is 0 Å². The highest BCUT2D eigenvalue weighted by atomic mass is 16.1. The van der Waals surface area contributed by atoms with E-state index in [2.05, 4.69) is 35.4 Å². The Bertz CT molecular complexity index is 824. The molecule has 144 valence electrons. The minimum Gasteiger partial charge on any atom is -0.388 e. The highest BCUT2D eigenvalue weighted by Crippen LogP contribution is 2.27. The van der Waals surface area contributed by atoms with Gasteiger partial charge in [0.1, 0.15) is 13.3 Å². The van der Waals surface area contributed by atoms with Crippen molar-refractivity contribution in [2.45, 2.75) is 41.0 Å². The lowest BCUT2D eigenvalue weighted by atomic mass is 9.94. The first-order valence-electron chi connectivity index (χ1n) is 9.32. The second-order valence-electron chi connectivity index (χ2n) is 6.20. The first kappa shape index (κ1) is 22.3. The number of nitrogens with zero attached hydrogens (tertiary/aromatic N) is 2. The number of hydrogen-bond donors (Lipinski definition) is 1. The summed E-state index contributed by atoms with van der Waals surface area (Å²) in [6.07, 6.45) is 11.8. The number of aromatic nitrogens is 1. The second kappa shape index (κ2) is 11.1. The van der Waals surface area contributed by atoms with Gasteiger partial charge in [0.2, 0.25) is 0 Å². The normalized spacial score (nSPS) is 14.8. The van der Waals surface area contributed by atoms with Crippen LogP contribution in [0.1, 0.15) is 45.4 Å². The Morgan fingerprint density at radius 1 is 1.33 bits per heavy atom. The average Bonchev–Trinajstić information content (AvgIpc) is 2.68. The van der Waals surface area contributed by atoms with E-state index in [-0.39, 0.29) is 0 Å². The molecule has 1 rings (SSSR count). The summed E-state index contributed by atoms with van der Waals surface area (Å²) in [5.74, 6) is 0. The van der Waals surface area contributed by atoms with Crippen molar-refractivity contribution in [1.82, 2.24) is 10.3 Å². The fraction of sp³-hybridized carbons (Fsp3) is 0.348. The predicted octanol–water partition coefficient (Wildman–Crippen LogP) is 4.44. The van der Waals surface area contributed by atoms with Crippen molar-refractivity contribution >= 4 is 18.1 Å². The van der Waals surface area contributed by atoms with E-state index < -0.39 is 0 Å². The molecular formula is C23H32N3O+. The zero-order chi connectivity index (χ0) is 20.4. The summed E-state index contributed by atoms with van der Waals surface area (Å²) < 4.78 is 1.96. The highest BCUT2D eigenvalue weighted by Gasteiger charge is 2.18. The number of nitrogens with one attached hydrogen (secondary N) is 1. The van der Waals surface area contributed by atoms with Crippen molar-refractivity contribution < 1.29 is 9.37 Å². The van der Waals surface area contributed by atoms with Crippen LogP contribution in [-0.4, -0.2) is 36.2 Å². The fourth-order valence-electron chi connectivity index (χ4n) is 2.87. The maximum absolute atomic E-state index is 12.1. The summed E-state index contributed by atoms with van der Waals surface area (Å²) in [4.78, 5) is 16.5. The van der Waals surface area contributed by atoms with Gasteiger partial charge in [0.05, 0.1) is 5.57 Å². The van der Waals surface area contributed by atoms with E-state index in [0.717, 1.165) is 46.5 Å². The molecule has 0 aromatic carbocycles. The van der Waals surface area contributed by atoms with E-state index >= 15 is 0 Å². The topological polar surface area (TPSA) is 45.0 Å². The molecule has 0 saturated heterocycles. The third kappa shape index (κ3) is 5.61. The highest BCUT2D eigenvalue weighted by molar-refractivity contribution is 5.87. The molecule has 1 aromatic rings. The van der Waals surface area contributed by atoms with Crippen LogP contribution in [0.3, 0.4) is 0 Å². The summed E-state index contributed by atoms with van der Waals surface area (Å²) in [6, 6.07) is 4.01. The van der Waals surface area contributed by atoms with Crippen molar-refractivity contribution in [1.29, 1.82) is 0 Å².